The van der Waals surface area contributed by atoms with Gasteiger partial charge in [-0.15, -0.1) is 0 Å². The van der Waals surface area contributed by atoms with Crippen LogP contribution in [0, 0.1) is 0 Å². The van der Waals surface area contributed by atoms with Crippen molar-refractivity contribution in [3.05, 3.63) is 70.1 Å². The van der Waals surface area contributed by atoms with Crippen LogP contribution in [0.4, 0.5) is 0 Å². The van der Waals surface area contributed by atoms with Crippen molar-refractivity contribution in [3.63, 3.8) is 0 Å². The fourth-order valence-electron chi connectivity index (χ4n) is 2.60. The van der Waals surface area contributed by atoms with Gasteiger partial charge in [0.15, 0.2) is 0 Å². The zero-order valence-electron chi connectivity index (χ0n) is 13.7. The van der Waals surface area contributed by atoms with E-state index in [0.29, 0.717) is 13.0 Å². The molecule has 1 heterocycles. The number of nitrogens with one attached hydrogen (secondary N) is 1. The second kappa shape index (κ2) is 7.24. The highest BCUT2D eigenvalue weighted by Gasteiger charge is 2.30. The maximum absolute atomic E-state index is 12.3. The lowest BCUT2D eigenvalue weighted by Gasteiger charge is -2.32. The number of carbonyl (C=O) groups is 1. The molecule has 0 saturated carbocycles. The summed E-state index contributed by atoms with van der Waals surface area (Å²) in [4.78, 5) is 24.4. The molecule has 0 radical (unpaired) electrons. The summed E-state index contributed by atoms with van der Waals surface area (Å²) >= 11 is 0. The molecule has 1 amide bonds. The normalized spacial score (nSPS) is 13.3. The number of pyridine rings is 1. The average molecular weight is 314 g/mol. The monoisotopic (exact) mass is 314 g/mol. The van der Waals surface area contributed by atoms with E-state index >= 15 is 0 Å². The molecule has 1 N–H and O–H groups in total. The number of aryl methyl sites for hydroxylation is 1. The van der Waals surface area contributed by atoms with Crippen molar-refractivity contribution in [1.29, 1.82) is 0 Å². The molecule has 0 spiro atoms. The van der Waals surface area contributed by atoms with Crippen molar-refractivity contribution in [2.45, 2.75) is 18.9 Å². The second-order valence-electron chi connectivity index (χ2n) is 5.44. The number of benzene rings is 1. The van der Waals surface area contributed by atoms with E-state index in [9.17, 15) is 9.59 Å². The Hall–Kier alpha value is -2.40. The highest BCUT2D eigenvalue weighted by Crippen LogP contribution is 2.28. The molecule has 1 atom stereocenters. The number of carbonyl (C=O) groups excluding carboxylic acids is 1. The fourth-order valence-corrected chi connectivity index (χ4v) is 2.60. The molecule has 0 fully saturated rings. The summed E-state index contributed by atoms with van der Waals surface area (Å²) in [6.07, 6.45) is 2.31. The van der Waals surface area contributed by atoms with Crippen LogP contribution in [0.1, 0.15) is 29.3 Å². The molecule has 23 heavy (non-hydrogen) atoms. The minimum Gasteiger partial charge on any atom is -0.372 e. The lowest BCUT2D eigenvalue weighted by Crippen LogP contribution is -2.43. The van der Waals surface area contributed by atoms with Crippen molar-refractivity contribution in [3.8, 4) is 0 Å². The van der Waals surface area contributed by atoms with Crippen LogP contribution < -0.4 is 10.9 Å². The number of aromatic nitrogens is 1. The van der Waals surface area contributed by atoms with Crippen molar-refractivity contribution in [2.24, 2.45) is 7.05 Å². The maximum Gasteiger partial charge on any atom is 0.263 e. The molecule has 0 aliphatic rings. The molecule has 1 unspecified atom stereocenters. The van der Waals surface area contributed by atoms with E-state index in [1.165, 1.54) is 10.6 Å². The highest BCUT2D eigenvalue weighted by molar-refractivity contribution is 5.93. The summed E-state index contributed by atoms with van der Waals surface area (Å²) in [6.45, 7) is 2.30. The van der Waals surface area contributed by atoms with E-state index in [4.69, 9.17) is 4.74 Å². The van der Waals surface area contributed by atoms with Gasteiger partial charge in [-0.3, -0.25) is 9.59 Å². The van der Waals surface area contributed by atoms with Crippen LogP contribution in [0.15, 0.2) is 53.5 Å². The van der Waals surface area contributed by atoms with Crippen LogP contribution >= 0.6 is 0 Å². The Morgan fingerprint density at radius 3 is 2.52 bits per heavy atom. The number of amides is 1. The molecule has 0 saturated heterocycles. The molecule has 5 heteroatoms. The summed E-state index contributed by atoms with van der Waals surface area (Å²) in [7, 11) is 3.25. The predicted octanol–water partition coefficient (Wildman–Crippen LogP) is 2.07. The van der Waals surface area contributed by atoms with Gasteiger partial charge in [0.2, 0.25) is 0 Å². The quantitative estimate of drug-likeness (QED) is 0.888. The largest absolute Gasteiger partial charge is 0.372 e. The number of nitrogens with zero attached hydrogens (tertiary/aromatic N) is 1. The van der Waals surface area contributed by atoms with Crippen LogP contribution in [0.5, 0.6) is 0 Å². The number of rotatable bonds is 6. The van der Waals surface area contributed by atoms with Crippen LogP contribution in [0.3, 0.4) is 0 Å². The second-order valence-corrected chi connectivity index (χ2v) is 5.44. The number of hydrogen-bond acceptors (Lipinski definition) is 3. The summed E-state index contributed by atoms with van der Waals surface area (Å²) in [5.74, 6) is -0.392. The van der Waals surface area contributed by atoms with Crippen LogP contribution in [-0.4, -0.2) is 24.1 Å². The van der Waals surface area contributed by atoms with E-state index < -0.39 is 11.5 Å². The molecular weight excluding hydrogens is 292 g/mol. The first kappa shape index (κ1) is 17.0. The lowest BCUT2D eigenvalue weighted by molar-refractivity contribution is -0.0164. The van der Waals surface area contributed by atoms with Crippen LogP contribution in [0.25, 0.3) is 0 Å². The Labute approximate surface area is 135 Å². The van der Waals surface area contributed by atoms with Crippen LogP contribution in [0.2, 0.25) is 0 Å². The zero-order chi connectivity index (χ0) is 16.9. The molecular formula is C18H22N2O3. The SMILES string of the molecule is CCC(CNC(=O)c1cccn(C)c1=O)(OC)c1ccccc1. The Balaban J connectivity index is 2.21. The summed E-state index contributed by atoms with van der Waals surface area (Å²) < 4.78 is 7.10. The third-order valence-corrected chi connectivity index (χ3v) is 4.16. The Bertz CT molecular complexity index is 719. The molecule has 0 aliphatic carbocycles. The molecule has 1 aromatic heterocycles. The third kappa shape index (κ3) is 3.51. The third-order valence-electron chi connectivity index (χ3n) is 4.16. The molecule has 2 aromatic rings. The molecule has 1 aromatic carbocycles. The summed E-state index contributed by atoms with van der Waals surface area (Å²) in [6, 6.07) is 13.0. The minimum absolute atomic E-state index is 0.129. The number of methoxy groups -OCH3 is 1. The van der Waals surface area contributed by atoms with Gasteiger partial charge in [-0.2, -0.15) is 0 Å². The smallest absolute Gasteiger partial charge is 0.263 e. The summed E-state index contributed by atoms with van der Waals surface area (Å²) in [5.41, 5.74) is 0.191. The Morgan fingerprint density at radius 1 is 1.22 bits per heavy atom. The van der Waals surface area contributed by atoms with E-state index in [1.54, 1.807) is 26.4 Å². The van der Waals surface area contributed by atoms with Crippen molar-refractivity contribution in [2.75, 3.05) is 13.7 Å². The molecule has 2 rings (SSSR count). The van der Waals surface area contributed by atoms with Gasteiger partial charge in [-0.25, -0.2) is 0 Å². The van der Waals surface area contributed by atoms with E-state index in [1.807, 2.05) is 37.3 Å². The van der Waals surface area contributed by atoms with Crippen molar-refractivity contribution >= 4 is 5.91 Å². The highest BCUT2D eigenvalue weighted by atomic mass is 16.5. The van der Waals surface area contributed by atoms with E-state index in [-0.39, 0.29) is 11.1 Å². The Kier molecular flexibility index (Phi) is 5.34. The van der Waals surface area contributed by atoms with Gasteiger partial charge in [-0.05, 0) is 24.1 Å². The van der Waals surface area contributed by atoms with Gasteiger partial charge in [0.1, 0.15) is 11.2 Å². The first-order valence-electron chi connectivity index (χ1n) is 7.58. The van der Waals surface area contributed by atoms with Gasteiger partial charge in [0.25, 0.3) is 11.5 Å². The minimum atomic E-state index is -0.614. The molecule has 0 aliphatic heterocycles. The van der Waals surface area contributed by atoms with Gasteiger partial charge >= 0.3 is 0 Å². The molecule has 122 valence electrons. The lowest BCUT2D eigenvalue weighted by atomic mass is 9.90. The molecule has 0 bridgehead atoms. The first-order chi connectivity index (χ1) is 11.0. The topological polar surface area (TPSA) is 60.3 Å². The van der Waals surface area contributed by atoms with Gasteiger partial charge in [0.05, 0.1) is 6.54 Å². The number of hydrogen-bond donors (Lipinski definition) is 1. The first-order valence-corrected chi connectivity index (χ1v) is 7.58. The van der Waals surface area contributed by atoms with Crippen LogP contribution in [-0.2, 0) is 17.4 Å². The van der Waals surface area contributed by atoms with Gasteiger partial charge in [-0.1, -0.05) is 37.3 Å². The standard InChI is InChI=1S/C18H22N2O3/c1-4-18(23-3,14-9-6-5-7-10-14)13-19-16(21)15-11-8-12-20(2)17(15)22/h5-12H,4,13H2,1-3H3,(H,19,21). The fraction of sp³-hybridized carbons (Fsp3) is 0.333. The zero-order valence-corrected chi connectivity index (χ0v) is 13.7. The average Bonchev–Trinajstić information content (AvgIpc) is 2.59. The predicted molar refractivity (Wildman–Crippen MR) is 89.4 cm³/mol. The number of ether oxygens (including phenoxy) is 1. The van der Waals surface area contributed by atoms with Gasteiger partial charge < -0.3 is 14.6 Å². The summed E-state index contributed by atoms with van der Waals surface area (Å²) in [5, 5.41) is 2.83. The van der Waals surface area contributed by atoms with E-state index in [2.05, 4.69) is 5.32 Å². The maximum atomic E-state index is 12.3. The van der Waals surface area contributed by atoms with Crippen molar-refractivity contribution < 1.29 is 9.53 Å². The Morgan fingerprint density at radius 2 is 1.91 bits per heavy atom. The van der Waals surface area contributed by atoms with E-state index in [0.717, 1.165) is 5.56 Å². The molecule has 5 nitrogen and oxygen atoms in total. The van der Waals surface area contributed by atoms with Gasteiger partial charge in [0, 0.05) is 20.4 Å². The van der Waals surface area contributed by atoms with Crippen molar-refractivity contribution in [1.82, 2.24) is 9.88 Å².